The Labute approximate surface area is 138 Å². The molecule has 1 aromatic carbocycles. The first-order chi connectivity index (χ1) is 11.0. The van der Waals surface area contributed by atoms with E-state index in [1.165, 1.54) is 0 Å². The molecular formula is C16H16ClN3O3. The molecule has 1 aliphatic rings. The molecule has 1 saturated carbocycles. The van der Waals surface area contributed by atoms with Gasteiger partial charge in [0.25, 0.3) is 0 Å². The summed E-state index contributed by atoms with van der Waals surface area (Å²) in [6.07, 6.45) is 4.66. The predicted octanol–water partition coefficient (Wildman–Crippen LogP) is 2.01. The maximum atomic E-state index is 12.0. The summed E-state index contributed by atoms with van der Waals surface area (Å²) in [7, 11) is 0. The number of primary amides is 1. The average molecular weight is 334 g/mol. The van der Waals surface area contributed by atoms with Crippen LogP contribution in [-0.4, -0.2) is 28.3 Å². The number of rotatable bonds is 6. The third-order valence-electron chi connectivity index (χ3n) is 3.99. The molecule has 0 radical (unpaired) electrons. The monoisotopic (exact) mass is 333 g/mol. The minimum atomic E-state index is -0.644. The summed E-state index contributed by atoms with van der Waals surface area (Å²) in [5.74, 6) is -0.857. The fourth-order valence-electron chi connectivity index (χ4n) is 2.26. The van der Waals surface area contributed by atoms with E-state index in [0.717, 1.165) is 5.56 Å². The van der Waals surface area contributed by atoms with Crippen LogP contribution < -0.4 is 5.73 Å². The first-order valence-corrected chi connectivity index (χ1v) is 7.60. The van der Waals surface area contributed by atoms with Gasteiger partial charge in [-0.15, -0.1) is 0 Å². The van der Waals surface area contributed by atoms with Crippen molar-refractivity contribution < 1.29 is 14.3 Å². The number of carbonyl (C=O) groups is 2. The Kier molecular flexibility index (Phi) is 4.09. The normalized spacial score (nSPS) is 15.2. The van der Waals surface area contributed by atoms with Gasteiger partial charge in [0.2, 0.25) is 5.91 Å². The highest BCUT2D eigenvalue weighted by Crippen LogP contribution is 2.45. The van der Waals surface area contributed by atoms with Crippen LogP contribution in [0.1, 0.15) is 28.8 Å². The average Bonchev–Trinajstić information content (AvgIpc) is 3.23. The van der Waals surface area contributed by atoms with Crippen molar-refractivity contribution in [3.63, 3.8) is 0 Å². The number of hydrogen-bond acceptors (Lipinski definition) is 4. The van der Waals surface area contributed by atoms with Crippen molar-refractivity contribution >= 4 is 23.5 Å². The van der Waals surface area contributed by atoms with Crippen LogP contribution >= 0.6 is 11.6 Å². The van der Waals surface area contributed by atoms with E-state index in [1.54, 1.807) is 29.2 Å². The quantitative estimate of drug-likeness (QED) is 0.819. The molecule has 23 heavy (non-hydrogen) atoms. The lowest BCUT2D eigenvalue weighted by atomic mass is 10.1. The number of benzene rings is 1. The molecule has 0 atom stereocenters. The van der Waals surface area contributed by atoms with Gasteiger partial charge in [-0.25, -0.2) is 4.79 Å². The summed E-state index contributed by atoms with van der Waals surface area (Å²) < 4.78 is 6.91. The Morgan fingerprint density at radius 1 is 1.30 bits per heavy atom. The van der Waals surface area contributed by atoms with Crippen LogP contribution in [0.2, 0.25) is 5.02 Å². The van der Waals surface area contributed by atoms with Gasteiger partial charge in [-0.2, -0.15) is 5.10 Å². The number of nitrogens with zero attached hydrogens (tertiary/aromatic N) is 2. The summed E-state index contributed by atoms with van der Waals surface area (Å²) in [6.45, 7) is 0.613. The van der Waals surface area contributed by atoms with Crippen molar-refractivity contribution in [1.82, 2.24) is 9.78 Å². The van der Waals surface area contributed by atoms with Gasteiger partial charge in [0.05, 0.1) is 28.7 Å². The Balaban J connectivity index is 1.58. The highest BCUT2D eigenvalue weighted by molar-refractivity contribution is 6.30. The summed E-state index contributed by atoms with van der Waals surface area (Å²) in [4.78, 5) is 23.3. The zero-order valence-electron chi connectivity index (χ0n) is 12.4. The second-order valence-corrected chi connectivity index (χ2v) is 6.21. The number of esters is 1. The second-order valence-electron chi connectivity index (χ2n) is 5.77. The lowest BCUT2D eigenvalue weighted by Gasteiger charge is -2.11. The molecule has 0 saturated heterocycles. The molecule has 7 heteroatoms. The lowest BCUT2D eigenvalue weighted by molar-refractivity contribution is -0.124. The van der Waals surface area contributed by atoms with E-state index in [4.69, 9.17) is 22.1 Å². The van der Waals surface area contributed by atoms with E-state index in [-0.39, 0.29) is 6.61 Å². The maximum Gasteiger partial charge on any atom is 0.338 e. The minimum Gasteiger partial charge on any atom is -0.461 e. The topological polar surface area (TPSA) is 87.2 Å². The Morgan fingerprint density at radius 2 is 2.00 bits per heavy atom. The minimum absolute atomic E-state index is 0.0503. The van der Waals surface area contributed by atoms with Crippen molar-refractivity contribution in [2.24, 2.45) is 11.1 Å². The third kappa shape index (κ3) is 3.53. The van der Waals surface area contributed by atoms with Crippen LogP contribution in [0.15, 0.2) is 36.7 Å². The summed E-state index contributed by atoms with van der Waals surface area (Å²) >= 11 is 5.81. The molecule has 1 heterocycles. The van der Waals surface area contributed by atoms with E-state index >= 15 is 0 Å². The summed E-state index contributed by atoms with van der Waals surface area (Å²) in [5, 5.41) is 4.68. The van der Waals surface area contributed by atoms with E-state index < -0.39 is 17.3 Å². The molecule has 0 unspecified atom stereocenters. The zero-order chi connectivity index (χ0) is 16.4. The van der Waals surface area contributed by atoms with Crippen molar-refractivity contribution in [3.8, 4) is 0 Å². The molecule has 0 aliphatic heterocycles. The van der Waals surface area contributed by atoms with Crippen molar-refractivity contribution in [2.45, 2.75) is 19.4 Å². The van der Waals surface area contributed by atoms with E-state index in [2.05, 4.69) is 5.10 Å². The van der Waals surface area contributed by atoms with Crippen molar-refractivity contribution in [3.05, 3.63) is 52.8 Å². The number of carbonyl (C=O) groups excluding carboxylic acids is 2. The second kappa shape index (κ2) is 6.04. The van der Waals surface area contributed by atoms with Gasteiger partial charge >= 0.3 is 5.97 Å². The number of amides is 1. The van der Waals surface area contributed by atoms with E-state index in [9.17, 15) is 9.59 Å². The SMILES string of the molecule is NC(=O)C1(COC(=O)c2ccc(Cn3cc(Cl)cn3)cc2)CC1. The van der Waals surface area contributed by atoms with Crippen LogP contribution in [0.3, 0.4) is 0 Å². The van der Waals surface area contributed by atoms with Gasteiger partial charge in [-0.05, 0) is 30.5 Å². The predicted molar refractivity (Wildman–Crippen MR) is 83.9 cm³/mol. The largest absolute Gasteiger partial charge is 0.461 e. The highest BCUT2D eigenvalue weighted by atomic mass is 35.5. The molecule has 1 aromatic heterocycles. The zero-order valence-corrected chi connectivity index (χ0v) is 13.1. The van der Waals surface area contributed by atoms with Crippen LogP contribution in [0.5, 0.6) is 0 Å². The Bertz CT molecular complexity index is 735. The third-order valence-corrected chi connectivity index (χ3v) is 4.19. The molecule has 0 spiro atoms. The number of ether oxygens (including phenoxy) is 1. The van der Waals surface area contributed by atoms with E-state index in [1.807, 2.05) is 12.1 Å². The maximum absolute atomic E-state index is 12.0. The molecule has 2 aromatic rings. The van der Waals surface area contributed by atoms with Crippen molar-refractivity contribution in [2.75, 3.05) is 6.61 Å². The lowest BCUT2D eigenvalue weighted by Crippen LogP contribution is -2.30. The molecule has 2 N–H and O–H groups in total. The smallest absolute Gasteiger partial charge is 0.338 e. The van der Waals surface area contributed by atoms with E-state index in [0.29, 0.717) is 30.0 Å². The molecule has 0 bridgehead atoms. The first kappa shape index (κ1) is 15.6. The molecule has 1 amide bonds. The van der Waals surface area contributed by atoms with Crippen LogP contribution in [-0.2, 0) is 16.1 Å². The van der Waals surface area contributed by atoms with Gasteiger partial charge in [-0.1, -0.05) is 23.7 Å². The Morgan fingerprint density at radius 3 is 2.52 bits per heavy atom. The summed E-state index contributed by atoms with van der Waals surface area (Å²) in [5.41, 5.74) is 6.08. The first-order valence-electron chi connectivity index (χ1n) is 7.22. The fourth-order valence-corrected chi connectivity index (χ4v) is 2.41. The molecule has 120 valence electrons. The Hall–Kier alpha value is -2.34. The molecule has 6 nitrogen and oxygen atoms in total. The number of nitrogens with two attached hydrogens (primary N) is 1. The highest BCUT2D eigenvalue weighted by Gasteiger charge is 2.49. The number of hydrogen-bond donors (Lipinski definition) is 1. The van der Waals surface area contributed by atoms with Crippen molar-refractivity contribution in [1.29, 1.82) is 0 Å². The molecule has 1 fully saturated rings. The fraction of sp³-hybridized carbons (Fsp3) is 0.312. The standard InChI is InChI=1S/C16H16ClN3O3/c17-13-7-19-20(9-13)8-11-1-3-12(4-2-11)14(21)23-10-16(5-6-16)15(18)22/h1-4,7,9H,5-6,8,10H2,(H2,18,22). The van der Waals surface area contributed by atoms with Gasteiger partial charge in [0.1, 0.15) is 6.61 Å². The van der Waals surface area contributed by atoms with Gasteiger partial charge in [0, 0.05) is 6.20 Å². The van der Waals surface area contributed by atoms with Crippen LogP contribution in [0.4, 0.5) is 0 Å². The number of halogens is 1. The summed E-state index contributed by atoms with van der Waals surface area (Å²) in [6, 6.07) is 7.03. The number of aromatic nitrogens is 2. The van der Waals surface area contributed by atoms with Crippen LogP contribution in [0, 0.1) is 5.41 Å². The molecular weight excluding hydrogens is 318 g/mol. The van der Waals surface area contributed by atoms with Crippen LogP contribution in [0.25, 0.3) is 0 Å². The molecule has 3 rings (SSSR count). The van der Waals surface area contributed by atoms with Gasteiger partial charge < -0.3 is 10.5 Å². The van der Waals surface area contributed by atoms with Gasteiger partial charge in [0.15, 0.2) is 0 Å². The molecule has 1 aliphatic carbocycles. The van der Waals surface area contributed by atoms with Gasteiger partial charge in [-0.3, -0.25) is 9.48 Å².